The number of aryl methyl sites for hydroxylation is 1. The molecule has 1 heterocycles. The third kappa shape index (κ3) is 4.39. The van der Waals surface area contributed by atoms with E-state index in [4.69, 9.17) is 4.74 Å². The minimum atomic E-state index is 0.135. The lowest BCUT2D eigenvalue weighted by molar-refractivity contribution is 0.320. The van der Waals surface area contributed by atoms with E-state index < -0.39 is 0 Å². The number of hydrogen-bond acceptors (Lipinski definition) is 2. The molecule has 0 spiro atoms. The summed E-state index contributed by atoms with van der Waals surface area (Å²) in [5.74, 6) is 1.06. The summed E-state index contributed by atoms with van der Waals surface area (Å²) >= 11 is 1.92. The standard InChI is InChI=1S/C17H24OS/c1-13(9-10-16-17(3,4)18-16)11-12-19-15-8-6-5-7-14(15)2/h5-8,11,16H,9-10,12H2,1-4H3. The van der Waals surface area contributed by atoms with Gasteiger partial charge in [-0.3, -0.25) is 0 Å². The molecule has 1 aliphatic heterocycles. The highest BCUT2D eigenvalue weighted by Crippen LogP contribution is 2.38. The summed E-state index contributed by atoms with van der Waals surface area (Å²) in [5, 5.41) is 0. The zero-order valence-corrected chi connectivity index (χ0v) is 13.2. The summed E-state index contributed by atoms with van der Waals surface area (Å²) in [6, 6.07) is 8.57. The van der Waals surface area contributed by atoms with Crippen LogP contribution in [0.5, 0.6) is 0 Å². The Balaban J connectivity index is 1.72. The van der Waals surface area contributed by atoms with Gasteiger partial charge in [0.25, 0.3) is 0 Å². The van der Waals surface area contributed by atoms with Crippen LogP contribution in [0.1, 0.15) is 39.2 Å². The first-order chi connectivity index (χ1) is 8.99. The molecule has 19 heavy (non-hydrogen) atoms. The van der Waals surface area contributed by atoms with Gasteiger partial charge in [0, 0.05) is 10.6 Å². The van der Waals surface area contributed by atoms with E-state index in [1.54, 1.807) is 0 Å². The molecule has 1 fully saturated rings. The summed E-state index contributed by atoms with van der Waals surface area (Å²) in [7, 11) is 0. The summed E-state index contributed by atoms with van der Waals surface area (Å²) < 4.78 is 5.61. The van der Waals surface area contributed by atoms with Crippen molar-refractivity contribution in [1.29, 1.82) is 0 Å². The summed E-state index contributed by atoms with van der Waals surface area (Å²) in [5.41, 5.74) is 2.98. The van der Waals surface area contributed by atoms with Crippen LogP contribution in [-0.2, 0) is 4.74 Å². The normalized spacial score (nSPS) is 21.5. The number of epoxide rings is 1. The number of benzene rings is 1. The first-order valence-electron chi connectivity index (χ1n) is 7.01. The molecular formula is C17H24OS. The Morgan fingerprint density at radius 1 is 1.37 bits per heavy atom. The number of allylic oxidation sites excluding steroid dienone is 1. The van der Waals surface area contributed by atoms with Crippen molar-refractivity contribution in [3.8, 4) is 0 Å². The molecule has 2 heteroatoms. The van der Waals surface area contributed by atoms with E-state index in [2.05, 4.69) is 58.0 Å². The van der Waals surface area contributed by atoms with Gasteiger partial charge in [-0.05, 0) is 52.2 Å². The smallest absolute Gasteiger partial charge is 0.0892 e. The fraction of sp³-hybridized carbons (Fsp3) is 0.529. The van der Waals surface area contributed by atoms with E-state index >= 15 is 0 Å². The molecule has 2 rings (SSSR count). The Morgan fingerprint density at radius 3 is 2.68 bits per heavy atom. The Kier molecular flexibility index (Phi) is 4.75. The summed E-state index contributed by atoms with van der Waals surface area (Å²) in [6.45, 7) is 8.74. The molecule has 0 N–H and O–H groups in total. The number of ether oxygens (including phenoxy) is 1. The molecule has 0 aromatic heterocycles. The molecule has 1 nitrogen and oxygen atoms in total. The van der Waals surface area contributed by atoms with Crippen LogP contribution in [-0.4, -0.2) is 17.5 Å². The second-order valence-electron chi connectivity index (χ2n) is 5.88. The maximum Gasteiger partial charge on any atom is 0.0892 e. The average molecular weight is 276 g/mol. The van der Waals surface area contributed by atoms with Crippen molar-refractivity contribution < 1.29 is 4.74 Å². The molecule has 1 aromatic carbocycles. The van der Waals surface area contributed by atoms with Crippen molar-refractivity contribution in [2.75, 3.05) is 5.75 Å². The van der Waals surface area contributed by atoms with Crippen molar-refractivity contribution in [2.45, 2.75) is 57.1 Å². The van der Waals surface area contributed by atoms with Gasteiger partial charge in [-0.1, -0.05) is 29.8 Å². The molecule has 1 saturated heterocycles. The second-order valence-corrected chi connectivity index (χ2v) is 6.94. The van der Waals surface area contributed by atoms with E-state index in [1.165, 1.54) is 16.0 Å². The number of thioether (sulfide) groups is 1. The van der Waals surface area contributed by atoms with Crippen LogP contribution in [0.3, 0.4) is 0 Å². The van der Waals surface area contributed by atoms with Gasteiger partial charge in [-0.25, -0.2) is 0 Å². The largest absolute Gasteiger partial charge is 0.367 e. The quantitative estimate of drug-likeness (QED) is 0.412. The SMILES string of the molecule is CC(=CCSc1ccccc1C)CCC1OC1(C)C. The topological polar surface area (TPSA) is 12.5 Å². The van der Waals surface area contributed by atoms with E-state index in [9.17, 15) is 0 Å². The van der Waals surface area contributed by atoms with Crippen molar-refractivity contribution >= 4 is 11.8 Å². The van der Waals surface area contributed by atoms with Crippen molar-refractivity contribution in [1.82, 2.24) is 0 Å². The van der Waals surface area contributed by atoms with Gasteiger partial charge >= 0.3 is 0 Å². The minimum absolute atomic E-state index is 0.135. The molecule has 1 unspecified atom stereocenters. The van der Waals surface area contributed by atoms with Crippen LogP contribution in [0.15, 0.2) is 40.8 Å². The highest BCUT2D eigenvalue weighted by atomic mass is 32.2. The Bertz CT molecular complexity index is 462. The molecule has 104 valence electrons. The lowest BCUT2D eigenvalue weighted by atomic mass is 10.0. The van der Waals surface area contributed by atoms with E-state index in [1.807, 2.05) is 11.8 Å². The van der Waals surface area contributed by atoms with Gasteiger partial charge in [0.05, 0.1) is 11.7 Å². The van der Waals surface area contributed by atoms with Crippen LogP contribution in [0.25, 0.3) is 0 Å². The van der Waals surface area contributed by atoms with Crippen LogP contribution in [0.4, 0.5) is 0 Å². The average Bonchev–Trinajstić information content (AvgIpc) is 2.97. The molecule has 1 aliphatic rings. The molecule has 0 aliphatic carbocycles. The van der Waals surface area contributed by atoms with Gasteiger partial charge in [-0.15, -0.1) is 11.8 Å². The van der Waals surface area contributed by atoms with Crippen LogP contribution < -0.4 is 0 Å². The lowest BCUT2D eigenvalue weighted by Gasteiger charge is -2.04. The third-order valence-corrected chi connectivity index (χ3v) is 4.83. The molecule has 1 aromatic rings. The van der Waals surface area contributed by atoms with Crippen LogP contribution in [0, 0.1) is 6.92 Å². The first kappa shape index (κ1) is 14.7. The number of rotatable bonds is 6. The molecule has 0 amide bonds. The van der Waals surface area contributed by atoms with Crippen molar-refractivity contribution in [3.05, 3.63) is 41.5 Å². The molecule has 0 saturated carbocycles. The van der Waals surface area contributed by atoms with Crippen molar-refractivity contribution in [3.63, 3.8) is 0 Å². The summed E-state index contributed by atoms with van der Waals surface area (Å²) in [4.78, 5) is 1.39. The maximum absolute atomic E-state index is 5.61. The highest BCUT2D eigenvalue weighted by Gasteiger charge is 2.46. The zero-order chi connectivity index (χ0) is 13.9. The third-order valence-electron chi connectivity index (χ3n) is 3.73. The monoisotopic (exact) mass is 276 g/mol. The number of hydrogen-bond donors (Lipinski definition) is 0. The van der Waals surface area contributed by atoms with Gasteiger partial charge in [0.1, 0.15) is 0 Å². The summed E-state index contributed by atoms with van der Waals surface area (Å²) in [6.07, 6.45) is 5.14. The van der Waals surface area contributed by atoms with Gasteiger partial charge in [0.15, 0.2) is 0 Å². The second kappa shape index (κ2) is 6.15. The predicted octanol–water partition coefficient (Wildman–Crippen LogP) is 4.99. The fourth-order valence-corrected chi connectivity index (χ4v) is 3.21. The molecular weight excluding hydrogens is 252 g/mol. The molecule has 1 atom stereocenters. The molecule has 0 bridgehead atoms. The van der Waals surface area contributed by atoms with E-state index in [-0.39, 0.29) is 5.60 Å². The zero-order valence-electron chi connectivity index (χ0n) is 12.4. The lowest BCUT2D eigenvalue weighted by Crippen LogP contribution is -2.02. The van der Waals surface area contributed by atoms with Crippen LogP contribution >= 0.6 is 11.8 Å². The Labute approximate surface area is 121 Å². The Morgan fingerprint density at radius 2 is 2.05 bits per heavy atom. The fourth-order valence-electron chi connectivity index (χ4n) is 2.19. The minimum Gasteiger partial charge on any atom is -0.367 e. The van der Waals surface area contributed by atoms with E-state index in [0.29, 0.717) is 6.10 Å². The molecule has 0 radical (unpaired) electrons. The van der Waals surface area contributed by atoms with Crippen LogP contribution in [0.2, 0.25) is 0 Å². The van der Waals surface area contributed by atoms with Gasteiger partial charge in [0.2, 0.25) is 0 Å². The van der Waals surface area contributed by atoms with E-state index in [0.717, 1.165) is 18.6 Å². The van der Waals surface area contributed by atoms with Gasteiger partial charge < -0.3 is 4.74 Å². The maximum atomic E-state index is 5.61. The van der Waals surface area contributed by atoms with Gasteiger partial charge in [-0.2, -0.15) is 0 Å². The highest BCUT2D eigenvalue weighted by molar-refractivity contribution is 7.99. The van der Waals surface area contributed by atoms with Crippen molar-refractivity contribution in [2.24, 2.45) is 0 Å². The predicted molar refractivity (Wildman–Crippen MR) is 83.8 cm³/mol. The first-order valence-corrected chi connectivity index (χ1v) is 7.99. The Hall–Kier alpha value is -0.730.